The minimum Gasteiger partial charge on any atom is -0.491 e. The van der Waals surface area contributed by atoms with Gasteiger partial charge in [-0.3, -0.25) is 0 Å². The van der Waals surface area contributed by atoms with Crippen molar-refractivity contribution in [2.24, 2.45) is 0 Å². The van der Waals surface area contributed by atoms with Crippen LogP contribution in [0.5, 0.6) is 5.75 Å². The first kappa shape index (κ1) is 20.3. The maximum Gasteiger partial charge on any atom is 0.141 e. The van der Waals surface area contributed by atoms with Crippen molar-refractivity contribution < 1.29 is 4.74 Å². The van der Waals surface area contributed by atoms with Crippen molar-refractivity contribution in [3.63, 3.8) is 0 Å². The third-order valence-corrected chi connectivity index (χ3v) is 5.99. The van der Waals surface area contributed by atoms with E-state index in [2.05, 4.69) is 98.1 Å². The molecule has 32 heavy (non-hydrogen) atoms. The summed E-state index contributed by atoms with van der Waals surface area (Å²) < 4.78 is 8.52. The lowest BCUT2D eigenvalue weighted by Gasteiger charge is -2.19. The standard InChI is InChI=1S/C29H28N2O/c1-29(2,3)23-17-15-22(16-18-23)28-30-25-12-6-7-13-26(25)31(28)19-20-32-27-14-8-10-21-9-4-5-11-24(21)27/h4-18H,19-20H2,1-3H3. The van der Waals surface area contributed by atoms with Crippen LogP contribution in [-0.4, -0.2) is 16.2 Å². The van der Waals surface area contributed by atoms with Crippen molar-refractivity contribution in [1.82, 2.24) is 9.55 Å². The summed E-state index contributed by atoms with van der Waals surface area (Å²) in [5.74, 6) is 1.90. The molecule has 160 valence electrons. The maximum atomic E-state index is 6.25. The maximum absolute atomic E-state index is 6.25. The molecule has 0 fully saturated rings. The van der Waals surface area contributed by atoms with E-state index in [1.54, 1.807) is 0 Å². The number of aromatic nitrogens is 2. The molecule has 3 heteroatoms. The Morgan fingerprint density at radius 2 is 1.50 bits per heavy atom. The highest BCUT2D eigenvalue weighted by Crippen LogP contribution is 2.29. The molecule has 0 aliphatic carbocycles. The van der Waals surface area contributed by atoms with Gasteiger partial charge < -0.3 is 9.30 Å². The molecule has 4 aromatic carbocycles. The zero-order valence-electron chi connectivity index (χ0n) is 18.9. The number of imidazole rings is 1. The number of hydrogen-bond donors (Lipinski definition) is 0. The quantitative estimate of drug-likeness (QED) is 0.300. The molecule has 0 amide bonds. The molecular formula is C29H28N2O. The van der Waals surface area contributed by atoms with Gasteiger partial charge in [0.25, 0.3) is 0 Å². The third-order valence-electron chi connectivity index (χ3n) is 5.99. The molecule has 3 nitrogen and oxygen atoms in total. The fourth-order valence-electron chi connectivity index (χ4n) is 4.21. The van der Waals surface area contributed by atoms with Crippen LogP contribution in [0.1, 0.15) is 26.3 Å². The lowest BCUT2D eigenvalue weighted by atomic mass is 9.87. The SMILES string of the molecule is CC(C)(C)c1ccc(-c2nc3ccccc3n2CCOc2cccc3ccccc23)cc1. The topological polar surface area (TPSA) is 27.1 Å². The first-order valence-electron chi connectivity index (χ1n) is 11.2. The second-order valence-corrected chi connectivity index (χ2v) is 9.23. The number of hydrogen-bond acceptors (Lipinski definition) is 2. The molecule has 0 saturated carbocycles. The molecule has 1 heterocycles. The minimum atomic E-state index is 0.130. The van der Waals surface area contributed by atoms with Gasteiger partial charge in [0, 0.05) is 10.9 Å². The third kappa shape index (κ3) is 3.87. The molecule has 0 aliphatic heterocycles. The van der Waals surface area contributed by atoms with Gasteiger partial charge >= 0.3 is 0 Å². The smallest absolute Gasteiger partial charge is 0.141 e. The average Bonchev–Trinajstić information content (AvgIpc) is 3.17. The summed E-state index contributed by atoms with van der Waals surface area (Å²) in [6, 6.07) is 31.7. The normalized spacial score (nSPS) is 11.8. The first-order valence-corrected chi connectivity index (χ1v) is 11.2. The molecular weight excluding hydrogens is 392 g/mol. The van der Waals surface area contributed by atoms with Gasteiger partial charge in [-0.2, -0.15) is 0 Å². The van der Waals surface area contributed by atoms with Gasteiger partial charge in [0.2, 0.25) is 0 Å². The molecule has 0 bridgehead atoms. The molecule has 1 aromatic heterocycles. The van der Waals surface area contributed by atoms with Crippen LogP contribution in [0, 0.1) is 0 Å². The summed E-state index contributed by atoms with van der Waals surface area (Å²) in [6.07, 6.45) is 0. The zero-order chi connectivity index (χ0) is 22.1. The second kappa shape index (κ2) is 8.16. The molecule has 0 aliphatic rings. The number of para-hydroxylation sites is 2. The van der Waals surface area contributed by atoms with E-state index in [1.165, 1.54) is 10.9 Å². The number of nitrogens with zero attached hydrogens (tertiary/aromatic N) is 2. The highest BCUT2D eigenvalue weighted by Gasteiger charge is 2.16. The van der Waals surface area contributed by atoms with E-state index in [1.807, 2.05) is 18.2 Å². The Labute approximate surface area is 189 Å². The number of ether oxygens (including phenoxy) is 1. The molecule has 5 rings (SSSR count). The molecule has 0 N–H and O–H groups in total. The molecule has 5 aromatic rings. The van der Waals surface area contributed by atoms with Crippen LogP contribution in [0.15, 0.2) is 91.0 Å². The monoisotopic (exact) mass is 420 g/mol. The average molecular weight is 421 g/mol. The van der Waals surface area contributed by atoms with Crippen LogP contribution in [0.2, 0.25) is 0 Å². The predicted octanol–water partition coefficient (Wildman–Crippen LogP) is 7.23. The Morgan fingerprint density at radius 1 is 0.781 bits per heavy atom. The van der Waals surface area contributed by atoms with E-state index in [9.17, 15) is 0 Å². The molecule has 0 saturated heterocycles. The second-order valence-electron chi connectivity index (χ2n) is 9.23. The van der Waals surface area contributed by atoms with Crippen molar-refractivity contribution in [2.45, 2.75) is 32.7 Å². The van der Waals surface area contributed by atoms with Crippen molar-refractivity contribution >= 4 is 21.8 Å². The summed E-state index contributed by atoms with van der Waals surface area (Å²) >= 11 is 0. The Kier molecular flexibility index (Phi) is 5.18. The van der Waals surface area contributed by atoms with Crippen LogP contribution in [0.3, 0.4) is 0 Å². The number of fused-ring (bicyclic) bond motifs is 2. The summed E-state index contributed by atoms with van der Waals surface area (Å²) in [5.41, 5.74) is 4.71. The Bertz CT molecular complexity index is 1370. The predicted molar refractivity (Wildman–Crippen MR) is 133 cm³/mol. The summed E-state index contributed by atoms with van der Waals surface area (Å²) in [7, 11) is 0. The van der Waals surface area contributed by atoms with Gasteiger partial charge in [-0.1, -0.05) is 93.6 Å². The first-order chi connectivity index (χ1) is 15.5. The van der Waals surface area contributed by atoms with Gasteiger partial charge in [0.05, 0.1) is 17.6 Å². The Morgan fingerprint density at radius 3 is 2.31 bits per heavy atom. The molecule has 0 radical (unpaired) electrons. The van der Waals surface area contributed by atoms with E-state index in [0.717, 1.165) is 40.1 Å². The summed E-state index contributed by atoms with van der Waals surface area (Å²) in [5, 5.41) is 2.33. The van der Waals surface area contributed by atoms with Crippen molar-refractivity contribution in [2.75, 3.05) is 6.61 Å². The molecule has 0 unspecified atom stereocenters. The lowest BCUT2D eigenvalue weighted by molar-refractivity contribution is 0.304. The Hall–Kier alpha value is -3.59. The number of benzene rings is 4. The van der Waals surface area contributed by atoms with E-state index >= 15 is 0 Å². The zero-order valence-corrected chi connectivity index (χ0v) is 18.9. The van der Waals surface area contributed by atoms with Gasteiger partial charge in [0.15, 0.2) is 0 Å². The lowest BCUT2D eigenvalue weighted by Crippen LogP contribution is -2.11. The molecule has 0 spiro atoms. The van der Waals surface area contributed by atoms with E-state index in [-0.39, 0.29) is 5.41 Å². The van der Waals surface area contributed by atoms with Crippen LogP contribution in [0.25, 0.3) is 33.2 Å². The van der Waals surface area contributed by atoms with Crippen molar-refractivity contribution in [3.8, 4) is 17.1 Å². The van der Waals surface area contributed by atoms with Crippen LogP contribution in [-0.2, 0) is 12.0 Å². The molecule has 0 atom stereocenters. The number of rotatable bonds is 5. The van der Waals surface area contributed by atoms with Gasteiger partial charge in [-0.05, 0) is 34.6 Å². The van der Waals surface area contributed by atoms with Crippen LogP contribution in [0.4, 0.5) is 0 Å². The summed E-state index contributed by atoms with van der Waals surface area (Å²) in [4.78, 5) is 4.96. The Balaban J connectivity index is 1.45. The van der Waals surface area contributed by atoms with Crippen molar-refractivity contribution in [1.29, 1.82) is 0 Å². The fourth-order valence-corrected chi connectivity index (χ4v) is 4.21. The highest BCUT2D eigenvalue weighted by molar-refractivity contribution is 5.88. The van der Waals surface area contributed by atoms with E-state index in [4.69, 9.17) is 9.72 Å². The van der Waals surface area contributed by atoms with Crippen LogP contribution < -0.4 is 4.74 Å². The largest absolute Gasteiger partial charge is 0.491 e. The van der Waals surface area contributed by atoms with Gasteiger partial charge in [0.1, 0.15) is 18.2 Å². The minimum absolute atomic E-state index is 0.130. The van der Waals surface area contributed by atoms with Gasteiger partial charge in [-0.15, -0.1) is 0 Å². The van der Waals surface area contributed by atoms with Gasteiger partial charge in [-0.25, -0.2) is 4.98 Å². The van der Waals surface area contributed by atoms with Crippen LogP contribution >= 0.6 is 0 Å². The summed E-state index contributed by atoms with van der Waals surface area (Å²) in [6.45, 7) is 8.01. The van der Waals surface area contributed by atoms with E-state index in [0.29, 0.717) is 6.61 Å². The van der Waals surface area contributed by atoms with E-state index < -0.39 is 0 Å². The van der Waals surface area contributed by atoms with Crippen molar-refractivity contribution in [3.05, 3.63) is 96.6 Å². The highest BCUT2D eigenvalue weighted by atomic mass is 16.5. The fraction of sp³-hybridized carbons (Fsp3) is 0.207.